The largest absolute Gasteiger partial charge is 0.468 e. The van der Waals surface area contributed by atoms with Gasteiger partial charge in [-0.2, -0.15) is 8.42 Å². The molecule has 0 N–H and O–H groups in total. The van der Waals surface area contributed by atoms with Crippen LogP contribution < -0.4 is 4.80 Å². The second-order valence-corrected chi connectivity index (χ2v) is 8.15. The van der Waals surface area contributed by atoms with Crippen molar-refractivity contribution in [3.05, 3.63) is 58.6 Å². The number of carbonyl (C=O) groups is 1. The van der Waals surface area contributed by atoms with Gasteiger partial charge in [-0.05, 0) is 37.3 Å². The molecule has 0 atom stereocenters. The number of fused-ring (bicyclic) bond motifs is 1. The average Bonchev–Trinajstić information content (AvgIpc) is 2.90. The summed E-state index contributed by atoms with van der Waals surface area (Å²) >= 11 is 0.985. The zero-order valence-corrected chi connectivity index (χ0v) is 15.6. The highest BCUT2D eigenvalue weighted by Gasteiger charge is 2.16. The maximum Gasteiger partial charge on any atom is 0.325 e. The van der Waals surface area contributed by atoms with Crippen LogP contribution in [0.4, 0.5) is 4.39 Å². The van der Waals surface area contributed by atoms with E-state index < -0.39 is 21.8 Å². The van der Waals surface area contributed by atoms with Gasteiger partial charge in [-0.3, -0.25) is 4.79 Å². The lowest BCUT2D eigenvalue weighted by molar-refractivity contribution is -0.141. The minimum Gasteiger partial charge on any atom is -0.468 e. The second kappa shape index (κ2) is 7.00. The van der Waals surface area contributed by atoms with Crippen molar-refractivity contribution in [3.8, 4) is 0 Å². The zero-order valence-electron chi connectivity index (χ0n) is 14.0. The highest BCUT2D eigenvalue weighted by Crippen LogP contribution is 2.20. The van der Waals surface area contributed by atoms with Gasteiger partial charge in [0.2, 0.25) is 4.80 Å². The van der Waals surface area contributed by atoms with Crippen LogP contribution in [0.2, 0.25) is 0 Å². The molecular formula is C17H15FN2O4S2. The molecule has 3 aromatic rings. The highest BCUT2D eigenvalue weighted by atomic mass is 32.2. The van der Waals surface area contributed by atoms with Gasteiger partial charge < -0.3 is 9.30 Å². The molecule has 0 aliphatic carbocycles. The molecule has 1 heterocycles. The highest BCUT2D eigenvalue weighted by molar-refractivity contribution is 7.90. The number of aryl methyl sites for hydroxylation is 1. The first kappa shape index (κ1) is 18.3. The quantitative estimate of drug-likeness (QED) is 0.638. The predicted octanol–water partition coefficient (Wildman–Crippen LogP) is 2.61. The Kier molecular flexibility index (Phi) is 4.92. The van der Waals surface area contributed by atoms with Crippen molar-refractivity contribution in [3.63, 3.8) is 0 Å². The van der Waals surface area contributed by atoms with Gasteiger partial charge in [0.15, 0.2) is 0 Å². The van der Waals surface area contributed by atoms with E-state index in [2.05, 4.69) is 9.13 Å². The summed E-state index contributed by atoms with van der Waals surface area (Å²) in [5, 5.41) is 0. The molecule has 0 aliphatic heterocycles. The number of hydrogen-bond acceptors (Lipinski definition) is 5. The van der Waals surface area contributed by atoms with Gasteiger partial charge >= 0.3 is 5.97 Å². The molecule has 0 fully saturated rings. The Morgan fingerprint density at radius 1 is 1.23 bits per heavy atom. The van der Waals surface area contributed by atoms with E-state index in [0.717, 1.165) is 16.9 Å². The Labute approximate surface area is 153 Å². The fourth-order valence-corrected chi connectivity index (χ4v) is 4.59. The number of esters is 1. The molecule has 0 saturated carbocycles. The first-order valence-corrected chi connectivity index (χ1v) is 9.79. The molecule has 2 aromatic carbocycles. The third kappa shape index (κ3) is 3.68. The molecule has 1 aromatic heterocycles. The molecule has 0 amide bonds. The van der Waals surface area contributed by atoms with Crippen LogP contribution in [0.25, 0.3) is 10.2 Å². The van der Waals surface area contributed by atoms with Crippen molar-refractivity contribution in [2.75, 3.05) is 7.11 Å². The van der Waals surface area contributed by atoms with Gasteiger partial charge in [0.05, 0.1) is 22.2 Å². The summed E-state index contributed by atoms with van der Waals surface area (Å²) in [6, 6.07) is 10.3. The van der Waals surface area contributed by atoms with Crippen LogP contribution in [0, 0.1) is 12.7 Å². The first-order valence-electron chi connectivity index (χ1n) is 7.53. The maximum absolute atomic E-state index is 13.5. The van der Waals surface area contributed by atoms with E-state index >= 15 is 0 Å². The van der Waals surface area contributed by atoms with Gasteiger partial charge in [0.25, 0.3) is 10.0 Å². The summed E-state index contributed by atoms with van der Waals surface area (Å²) in [6.45, 7) is 1.61. The van der Waals surface area contributed by atoms with Crippen molar-refractivity contribution >= 4 is 37.5 Å². The minimum atomic E-state index is -3.98. The van der Waals surface area contributed by atoms with Crippen LogP contribution in [0.15, 0.2) is 51.8 Å². The van der Waals surface area contributed by atoms with Crippen molar-refractivity contribution in [2.45, 2.75) is 18.4 Å². The van der Waals surface area contributed by atoms with Crippen LogP contribution in [-0.2, 0) is 26.1 Å². The predicted molar refractivity (Wildman–Crippen MR) is 95.7 cm³/mol. The molecule has 0 spiro atoms. The summed E-state index contributed by atoms with van der Waals surface area (Å²) in [7, 11) is -2.75. The number of ether oxygens (including phenoxy) is 1. The van der Waals surface area contributed by atoms with Crippen molar-refractivity contribution in [1.29, 1.82) is 0 Å². The van der Waals surface area contributed by atoms with Crippen LogP contribution in [0.1, 0.15) is 5.56 Å². The lowest BCUT2D eigenvalue weighted by atomic mass is 10.2. The number of hydrogen-bond donors (Lipinski definition) is 0. The van der Waals surface area contributed by atoms with E-state index in [1.807, 2.05) is 6.92 Å². The third-order valence-electron chi connectivity index (χ3n) is 3.68. The Hall–Kier alpha value is -2.52. The smallest absolute Gasteiger partial charge is 0.325 e. The van der Waals surface area contributed by atoms with Crippen molar-refractivity contribution in [1.82, 2.24) is 4.57 Å². The molecule has 0 saturated heterocycles. The van der Waals surface area contributed by atoms with Gasteiger partial charge in [0.1, 0.15) is 12.4 Å². The Bertz CT molecular complexity index is 1150. The number of benzene rings is 2. The molecule has 0 bridgehead atoms. The number of methoxy groups -OCH3 is 1. The molecule has 3 rings (SSSR count). The topological polar surface area (TPSA) is 77.7 Å². The zero-order chi connectivity index (χ0) is 18.9. The summed E-state index contributed by atoms with van der Waals surface area (Å²) < 4.78 is 49.1. The van der Waals surface area contributed by atoms with Crippen LogP contribution in [-0.4, -0.2) is 26.1 Å². The average molecular weight is 394 g/mol. The molecule has 6 nitrogen and oxygen atoms in total. The number of halogens is 1. The van der Waals surface area contributed by atoms with Crippen molar-refractivity contribution in [2.24, 2.45) is 4.40 Å². The van der Waals surface area contributed by atoms with E-state index in [0.29, 0.717) is 10.2 Å². The number of rotatable bonds is 4. The minimum absolute atomic E-state index is 0.0383. The standard InChI is InChI=1S/C17H15FN2O4S2/c1-11-3-6-13(7-4-11)26(22,23)19-17-20(10-16(21)24-2)14-8-5-12(18)9-15(14)25-17/h3-9H,10H2,1-2H3. The third-order valence-corrected chi connectivity index (χ3v) is 6.11. The van der Waals surface area contributed by atoms with E-state index in [1.165, 1.54) is 42.0 Å². The normalized spacial score (nSPS) is 12.5. The lowest BCUT2D eigenvalue weighted by Gasteiger charge is -2.04. The molecule has 26 heavy (non-hydrogen) atoms. The molecule has 0 aliphatic rings. The molecule has 136 valence electrons. The summed E-state index contributed by atoms with van der Waals surface area (Å²) in [4.78, 5) is 11.8. The Morgan fingerprint density at radius 2 is 1.92 bits per heavy atom. The number of sulfonamides is 1. The van der Waals surface area contributed by atoms with Gasteiger partial charge in [-0.25, -0.2) is 4.39 Å². The summed E-state index contributed by atoms with van der Waals surface area (Å²) in [5.74, 6) is -1.03. The first-order chi connectivity index (χ1) is 12.3. The fraction of sp³-hybridized carbons (Fsp3) is 0.176. The number of carbonyl (C=O) groups excluding carboxylic acids is 1. The Balaban J connectivity index is 2.22. The number of thiazole rings is 1. The lowest BCUT2D eigenvalue weighted by Crippen LogP contribution is -2.22. The monoisotopic (exact) mass is 394 g/mol. The molecule has 0 radical (unpaired) electrons. The van der Waals surface area contributed by atoms with E-state index in [1.54, 1.807) is 12.1 Å². The molecular weight excluding hydrogens is 379 g/mol. The van der Waals surface area contributed by atoms with E-state index in [-0.39, 0.29) is 16.2 Å². The summed E-state index contributed by atoms with van der Waals surface area (Å²) in [6.07, 6.45) is 0. The van der Waals surface area contributed by atoms with Gasteiger partial charge in [0, 0.05) is 0 Å². The van der Waals surface area contributed by atoms with Crippen LogP contribution in [0.5, 0.6) is 0 Å². The molecule has 0 unspecified atom stereocenters. The maximum atomic E-state index is 13.5. The fourth-order valence-electron chi connectivity index (χ4n) is 2.33. The number of aromatic nitrogens is 1. The summed E-state index contributed by atoms with van der Waals surface area (Å²) in [5.41, 5.74) is 1.42. The SMILES string of the molecule is COC(=O)Cn1c(=NS(=O)(=O)c2ccc(C)cc2)sc2cc(F)ccc21. The molecule has 9 heteroatoms. The van der Waals surface area contributed by atoms with Crippen LogP contribution in [0.3, 0.4) is 0 Å². The van der Waals surface area contributed by atoms with E-state index in [4.69, 9.17) is 0 Å². The van der Waals surface area contributed by atoms with Crippen molar-refractivity contribution < 1.29 is 22.3 Å². The van der Waals surface area contributed by atoms with Crippen LogP contribution >= 0.6 is 11.3 Å². The van der Waals surface area contributed by atoms with Gasteiger partial charge in [-0.1, -0.05) is 29.0 Å². The second-order valence-electron chi connectivity index (χ2n) is 5.54. The number of nitrogens with zero attached hydrogens (tertiary/aromatic N) is 2. The Morgan fingerprint density at radius 3 is 2.58 bits per heavy atom. The van der Waals surface area contributed by atoms with E-state index in [9.17, 15) is 17.6 Å². The van der Waals surface area contributed by atoms with Gasteiger partial charge in [-0.15, -0.1) is 4.40 Å².